The smallest absolute Gasteiger partial charge is 0.287 e. The monoisotopic (exact) mass is 346 g/mol. The molecule has 8 nitrogen and oxygen atoms in total. The van der Waals surface area contributed by atoms with E-state index in [1.54, 1.807) is 6.07 Å². The van der Waals surface area contributed by atoms with Crippen LogP contribution >= 0.6 is 0 Å². The molecule has 2 aliphatic rings. The van der Waals surface area contributed by atoms with Crippen molar-refractivity contribution in [1.29, 1.82) is 0 Å². The fourth-order valence-corrected chi connectivity index (χ4v) is 3.25. The second-order valence-electron chi connectivity index (χ2n) is 7.10. The molecular formula is C17H22N4O4. The Bertz CT molecular complexity index is 745. The average Bonchev–Trinajstić information content (AvgIpc) is 3.13. The summed E-state index contributed by atoms with van der Waals surface area (Å²) in [4.78, 5) is 11.1. The van der Waals surface area contributed by atoms with Gasteiger partial charge in [0.05, 0.1) is 12.3 Å². The van der Waals surface area contributed by atoms with Crippen LogP contribution < -0.4 is 5.73 Å². The van der Waals surface area contributed by atoms with Crippen LogP contribution in [0.3, 0.4) is 0 Å². The predicted octanol–water partition coefficient (Wildman–Crippen LogP) is 2.70. The number of aromatic nitrogens is 3. The van der Waals surface area contributed by atoms with Gasteiger partial charge in [-0.15, -0.1) is 10.2 Å². The van der Waals surface area contributed by atoms with E-state index in [9.17, 15) is 4.79 Å². The van der Waals surface area contributed by atoms with Crippen LogP contribution in [0.15, 0.2) is 15.0 Å². The van der Waals surface area contributed by atoms with Gasteiger partial charge in [-0.05, 0) is 38.5 Å². The number of ether oxygens (including phenoxy) is 1. The molecule has 8 heteroatoms. The summed E-state index contributed by atoms with van der Waals surface area (Å²) in [5.74, 6) is 1.79. The first-order chi connectivity index (χ1) is 12.1. The molecule has 2 aliphatic carbocycles. The SMILES string of the molecule is CC(OCC1CCC1)c1nnc(C2CC(c3cc(C(N)=O)on3)C2)o1. The van der Waals surface area contributed by atoms with Gasteiger partial charge >= 0.3 is 0 Å². The van der Waals surface area contributed by atoms with E-state index in [4.69, 9.17) is 19.4 Å². The maximum Gasteiger partial charge on any atom is 0.287 e. The molecule has 1 unspecified atom stereocenters. The summed E-state index contributed by atoms with van der Waals surface area (Å²) >= 11 is 0. The third kappa shape index (κ3) is 3.30. The lowest BCUT2D eigenvalue weighted by molar-refractivity contribution is 0.00506. The molecule has 0 spiro atoms. The molecule has 2 N–H and O–H groups in total. The van der Waals surface area contributed by atoms with Crippen molar-refractivity contribution in [1.82, 2.24) is 15.4 Å². The van der Waals surface area contributed by atoms with Crippen LogP contribution in [0.2, 0.25) is 0 Å². The van der Waals surface area contributed by atoms with Crippen LogP contribution in [0, 0.1) is 5.92 Å². The average molecular weight is 346 g/mol. The minimum absolute atomic E-state index is 0.0935. The number of rotatable bonds is 7. The van der Waals surface area contributed by atoms with Crippen molar-refractivity contribution >= 4 is 5.91 Å². The summed E-state index contributed by atoms with van der Waals surface area (Å²) in [5, 5.41) is 12.2. The van der Waals surface area contributed by atoms with Crippen LogP contribution in [0.5, 0.6) is 0 Å². The Balaban J connectivity index is 1.30. The lowest BCUT2D eigenvalue weighted by atomic mass is 9.73. The number of hydrogen-bond donors (Lipinski definition) is 1. The first kappa shape index (κ1) is 16.3. The summed E-state index contributed by atoms with van der Waals surface area (Å²) in [6.45, 7) is 2.71. The Morgan fingerprint density at radius 1 is 1.36 bits per heavy atom. The molecule has 134 valence electrons. The van der Waals surface area contributed by atoms with Crippen LogP contribution in [0.1, 0.15) is 85.0 Å². The third-order valence-corrected chi connectivity index (χ3v) is 5.29. The quantitative estimate of drug-likeness (QED) is 0.819. The predicted molar refractivity (Wildman–Crippen MR) is 85.7 cm³/mol. The summed E-state index contributed by atoms with van der Waals surface area (Å²) in [7, 11) is 0. The molecule has 2 saturated carbocycles. The van der Waals surface area contributed by atoms with E-state index in [0.717, 1.165) is 25.1 Å². The van der Waals surface area contributed by atoms with Gasteiger partial charge in [0.1, 0.15) is 6.10 Å². The van der Waals surface area contributed by atoms with Crippen molar-refractivity contribution < 1.29 is 18.5 Å². The van der Waals surface area contributed by atoms with Crippen molar-refractivity contribution in [3.8, 4) is 0 Å². The number of nitrogens with zero attached hydrogens (tertiary/aromatic N) is 3. The highest BCUT2D eigenvalue weighted by atomic mass is 16.5. The largest absolute Gasteiger partial charge is 0.422 e. The maximum atomic E-state index is 11.1. The second kappa shape index (κ2) is 6.59. The minimum Gasteiger partial charge on any atom is -0.422 e. The molecule has 1 amide bonds. The Hall–Kier alpha value is -2.22. The third-order valence-electron chi connectivity index (χ3n) is 5.29. The van der Waals surface area contributed by atoms with Crippen molar-refractivity contribution in [2.75, 3.05) is 6.61 Å². The van der Waals surface area contributed by atoms with Gasteiger partial charge in [-0.1, -0.05) is 11.6 Å². The summed E-state index contributed by atoms with van der Waals surface area (Å²) in [6, 6.07) is 1.61. The number of primary amides is 1. The van der Waals surface area contributed by atoms with E-state index in [1.165, 1.54) is 19.3 Å². The van der Waals surface area contributed by atoms with Gasteiger partial charge in [-0.25, -0.2) is 0 Å². The van der Waals surface area contributed by atoms with Crippen molar-refractivity contribution in [2.45, 2.75) is 57.0 Å². The molecule has 0 aliphatic heterocycles. The normalized spacial score (nSPS) is 24.5. The molecule has 2 heterocycles. The molecule has 2 aromatic heterocycles. The summed E-state index contributed by atoms with van der Waals surface area (Å²) < 4.78 is 16.6. The zero-order valence-electron chi connectivity index (χ0n) is 14.2. The highest BCUT2D eigenvalue weighted by molar-refractivity contribution is 5.89. The highest BCUT2D eigenvalue weighted by Gasteiger charge is 2.37. The molecule has 0 radical (unpaired) electrons. The first-order valence-corrected chi connectivity index (χ1v) is 8.81. The van der Waals surface area contributed by atoms with E-state index >= 15 is 0 Å². The number of carbonyl (C=O) groups is 1. The van der Waals surface area contributed by atoms with Gasteiger partial charge in [0.15, 0.2) is 0 Å². The van der Waals surface area contributed by atoms with E-state index in [2.05, 4.69) is 15.4 Å². The molecule has 2 aromatic rings. The standard InChI is InChI=1S/C17H22N4O4/c1-9(23-8-10-3-2-4-10)16-19-20-17(24-16)12-5-11(6-12)13-7-14(15(18)22)25-21-13/h7,9-12H,2-6,8H2,1H3,(H2,18,22). The van der Waals surface area contributed by atoms with Crippen molar-refractivity contribution in [3.05, 3.63) is 29.3 Å². The number of carbonyl (C=O) groups excluding carboxylic acids is 1. The molecular weight excluding hydrogens is 324 g/mol. The molecule has 0 aromatic carbocycles. The fourth-order valence-electron chi connectivity index (χ4n) is 3.25. The first-order valence-electron chi connectivity index (χ1n) is 8.81. The van der Waals surface area contributed by atoms with Gasteiger partial charge in [0, 0.05) is 17.9 Å². The summed E-state index contributed by atoms with van der Waals surface area (Å²) in [5.41, 5.74) is 5.93. The maximum absolute atomic E-state index is 11.1. The van der Waals surface area contributed by atoms with Gasteiger partial charge < -0.3 is 19.4 Å². The zero-order valence-corrected chi connectivity index (χ0v) is 14.2. The molecule has 4 rings (SSSR count). The molecule has 0 saturated heterocycles. The molecule has 0 bridgehead atoms. The van der Waals surface area contributed by atoms with Crippen LogP contribution in [0.4, 0.5) is 0 Å². The minimum atomic E-state index is -0.605. The van der Waals surface area contributed by atoms with E-state index in [1.807, 2.05) is 6.92 Å². The van der Waals surface area contributed by atoms with Crippen molar-refractivity contribution in [3.63, 3.8) is 0 Å². The topological polar surface area (TPSA) is 117 Å². The lowest BCUT2D eigenvalue weighted by Gasteiger charge is -2.31. The number of hydrogen-bond acceptors (Lipinski definition) is 7. The van der Waals surface area contributed by atoms with E-state index < -0.39 is 5.91 Å². The fraction of sp³-hybridized carbons (Fsp3) is 0.647. The zero-order chi connectivity index (χ0) is 17.4. The molecule has 1 atom stereocenters. The number of nitrogens with two attached hydrogens (primary N) is 1. The van der Waals surface area contributed by atoms with Gasteiger partial charge in [0.25, 0.3) is 5.91 Å². The molecule has 25 heavy (non-hydrogen) atoms. The summed E-state index contributed by atoms with van der Waals surface area (Å²) in [6.07, 6.45) is 5.32. The highest BCUT2D eigenvalue weighted by Crippen LogP contribution is 2.47. The van der Waals surface area contributed by atoms with Crippen LogP contribution in [-0.4, -0.2) is 27.9 Å². The Morgan fingerprint density at radius 3 is 2.80 bits per heavy atom. The van der Waals surface area contributed by atoms with E-state index in [0.29, 0.717) is 17.7 Å². The second-order valence-corrected chi connectivity index (χ2v) is 7.10. The number of amides is 1. The lowest BCUT2D eigenvalue weighted by Crippen LogP contribution is -2.20. The molecule has 2 fully saturated rings. The Morgan fingerprint density at radius 2 is 2.16 bits per heavy atom. The Labute approximate surface area is 145 Å². The van der Waals surface area contributed by atoms with Crippen LogP contribution in [-0.2, 0) is 4.74 Å². The van der Waals surface area contributed by atoms with E-state index in [-0.39, 0.29) is 23.7 Å². The van der Waals surface area contributed by atoms with Gasteiger partial charge in [-0.2, -0.15) is 0 Å². The Kier molecular flexibility index (Phi) is 4.29. The van der Waals surface area contributed by atoms with Gasteiger partial charge in [-0.3, -0.25) is 4.79 Å². The van der Waals surface area contributed by atoms with Gasteiger partial charge in [0.2, 0.25) is 17.5 Å². The van der Waals surface area contributed by atoms with Crippen LogP contribution in [0.25, 0.3) is 0 Å². The van der Waals surface area contributed by atoms with Crippen molar-refractivity contribution in [2.24, 2.45) is 11.7 Å².